The normalized spacial score (nSPS) is 15.0. The molecule has 24 heavy (non-hydrogen) atoms. The molecular formula is C20H25NO2S. The van der Waals surface area contributed by atoms with Gasteiger partial charge in [0.15, 0.2) is 0 Å². The van der Waals surface area contributed by atoms with Gasteiger partial charge in [0.25, 0.3) is 10.0 Å². The first kappa shape index (κ1) is 17.0. The van der Waals surface area contributed by atoms with Crippen molar-refractivity contribution in [2.45, 2.75) is 56.8 Å². The van der Waals surface area contributed by atoms with Crippen LogP contribution >= 0.6 is 0 Å². The summed E-state index contributed by atoms with van der Waals surface area (Å²) in [7, 11) is -3.56. The summed E-state index contributed by atoms with van der Waals surface area (Å²) in [5, 5.41) is 0. The lowest BCUT2D eigenvalue weighted by Crippen LogP contribution is -2.17. The molecule has 3 rings (SSSR count). The summed E-state index contributed by atoms with van der Waals surface area (Å²) in [5.41, 5.74) is 4.28. The predicted octanol–water partition coefficient (Wildman–Crippen LogP) is 4.66. The molecule has 2 aromatic carbocycles. The molecule has 0 heterocycles. The molecule has 0 atom stereocenters. The smallest absolute Gasteiger partial charge is 0.261 e. The van der Waals surface area contributed by atoms with Gasteiger partial charge in [-0.25, -0.2) is 8.42 Å². The standard InChI is InChI=1S/C20H25NO2S/c1-20(2,3)16-11-13-17(14-12-16)24(22,23)21-19-10-6-8-15-7-4-5-9-18(15)19/h6,8,10-14,21H,4-5,7,9H2,1-3H3. The van der Waals surface area contributed by atoms with E-state index in [4.69, 9.17) is 0 Å². The molecule has 1 N–H and O–H groups in total. The Morgan fingerprint density at radius 3 is 2.25 bits per heavy atom. The van der Waals surface area contributed by atoms with Gasteiger partial charge in [0, 0.05) is 0 Å². The maximum absolute atomic E-state index is 12.7. The van der Waals surface area contributed by atoms with E-state index in [-0.39, 0.29) is 5.41 Å². The Hall–Kier alpha value is -1.81. The van der Waals surface area contributed by atoms with E-state index in [9.17, 15) is 8.42 Å². The van der Waals surface area contributed by atoms with Crippen molar-refractivity contribution in [1.82, 2.24) is 0 Å². The van der Waals surface area contributed by atoms with Crippen LogP contribution in [0.25, 0.3) is 0 Å². The second kappa shape index (κ2) is 6.25. The van der Waals surface area contributed by atoms with E-state index in [1.165, 1.54) is 12.0 Å². The molecule has 0 bridgehead atoms. The molecule has 1 aliphatic carbocycles. The van der Waals surface area contributed by atoms with E-state index in [2.05, 4.69) is 31.6 Å². The van der Waals surface area contributed by atoms with E-state index in [0.717, 1.165) is 36.1 Å². The quantitative estimate of drug-likeness (QED) is 0.881. The van der Waals surface area contributed by atoms with Crippen LogP contribution in [0.1, 0.15) is 50.3 Å². The van der Waals surface area contributed by atoms with Gasteiger partial charge in [0.1, 0.15) is 0 Å². The highest BCUT2D eigenvalue weighted by Gasteiger charge is 2.20. The third-order valence-corrected chi connectivity index (χ3v) is 6.05. The molecule has 128 valence electrons. The number of fused-ring (bicyclic) bond motifs is 1. The van der Waals surface area contributed by atoms with Crippen LogP contribution in [0.4, 0.5) is 5.69 Å². The summed E-state index contributed by atoms with van der Waals surface area (Å²) in [5.74, 6) is 0. The second-order valence-electron chi connectivity index (χ2n) is 7.53. The Kier molecular flexibility index (Phi) is 4.43. The Bertz CT molecular complexity index is 831. The van der Waals surface area contributed by atoms with Crippen LogP contribution in [0.5, 0.6) is 0 Å². The number of hydrogen-bond donors (Lipinski definition) is 1. The molecule has 0 fully saturated rings. The van der Waals surface area contributed by atoms with Gasteiger partial charge in [-0.1, -0.05) is 45.0 Å². The lowest BCUT2D eigenvalue weighted by molar-refractivity contribution is 0.587. The van der Waals surface area contributed by atoms with Crippen molar-refractivity contribution in [2.24, 2.45) is 0 Å². The number of sulfonamides is 1. The Balaban J connectivity index is 1.90. The molecule has 0 radical (unpaired) electrons. The van der Waals surface area contributed by atoms with Crippen LogP contribution in [-0.2, 0) is 28.3 Å². The maximum Gasteiger partial charge on any atom is 0.261 e. The van der Waals surface area contributed by atoms with Crippen molar-refractivity contribution >= 4 is 15.7 Å². The van der Waals surface area contributed by atoms with E-state index in [1.54, 1.807) is 12.1 Å². The molecule has 0 aromatic heterocycles. The van der Waals surface area contributed by atoms with Gasteiger partial charge in [-0.05, 0) is 66.0 Å². The van der Waals surface area contributed by atoms with E-state index >= 15 is 0 Å². The number of hydrogen-bond acceptors (Lipinski definition) is 2. The molecule has 3 nitrogen and oxygen atoms in total. The number of nitrogens with one attached hydrogen (secondary N) is 1. The first-order valence-electron chi connectivity index (χ1n) is 8.51. The zero-order chi connectivity index (χ0) is 17.4. The highest BCUT2D eigenvalue weighted by atomic mass is 32.2. The van der Waals surface area contributed by atoms with Gasteiger partial charge in [0.05, 0.1) is 10.6 Å². The highest BCUT2D eigenvalue weighted by Crippen LogP contribution is 2.30. The first-order valence-corrected chi connectivity index (χ1v) is 10.00. The Morgan fingerprint density at radius 1 is 0.917 bits per heavy atom. The lowest BCUT2D eigenvalue weighted by Gasteiger charge is -2.21. The third-order valence-electron chi connectivity index (χ3n) is 4.67. The first-order chi connectivity index (χ1) is 11.3. The van der Waals surface area contributed by atoms with Crippen molar-refractivity contribution in [3.05, 3.63) is 59.2 Å². The third kappa shape index (κ3) is 3.48. The van der Waals surface area contributed by atoms with Gasteiger partial charge in [-0.3, -0.25) is 4.72 Å². The summed E-state index contributed by atoms with van der Waals surface area (Å²) < 4.78 is 28.3. The zero-order valence-electron chi connectivity index (χ0n) is 14.6. The molecule has 0 unspecified atom stereocenters. The summed E-state index contributed by atoms with van der Waals surface area (Å²) in [6.07, 6.45) is 4.27. The molecule has 0 spiro atoms. The van der Waals surface area contributed by atoms with Crippen molar-refractivity contribution in [1.29, 1.82) is 0 Å². The second-order valence-corrected chi connectivity index (χ2v) is 9.21. The molecule has 2 aromatic rings. The fraction of sp³-hybridized carbons (Fsp3) is 0.400. The van der Waals surface area contributed by atoms with Gasteiger partial charge < -0.3 is 0 Å². The Morgan fingerprint density at radius 2 is 1.58 bits per heavy atom. The van der Waals surface area contributed by atoms with Crippen molar-refractivity contribution in [2.75, 3.05) is 4.72 Å². The minimum atomic E-state index is -3.56. The SMILES string of the molecule is CC(C)(C)c1ccc(S(=O)(=O)Nc2cccc3c2CCCC3)cc1. The number of aryl methyl sites for hydroxylation is 1. The zero-order valence-corrected chi connectivity index (χ0v) is 15.4. The van der Waals surface area contributed by atoms with Crippen LogP contribution < -0.4 is 4.72 Å². The van der Waals surface area contributed by atoms with E-state index in [0.29, 0.717) is 4.90 Å². The summed E-state index contributed by atoms with van der Waals surface area (Å²) >= 11 is 0. The van der Waals surface area contributed by atoms with Crippen molar-refractivity contribution < 1.29 is 8.42 Å². The molecule has 1 aliphatic rings. The monoisotopic (exact) mass is 343 g/mol. The highest BCUT2D eigenvalue weighted by molar-refractivity contribution is 7.92. The fourth-order valence-corrected chi connectivity index (χ4v) is 4.31. The summed E-state index contributed by atoms with van der Waals surface area (Å²) in [6.45, 7) is 6.35. The van der Waals surface area contributed by atoms with Crippen LogP contribution in [0, 0.1) is 0 Å². The number of anilines is 1. The Labute approximate surface area is 145 Å². The summed E-state index contributed by atoms with van der Waals surface area (Å²) in [6, 6.07) is 13.1. The number of rotatable bonds is 3. The van der Waals surface area contributed by atoms with Gasteiger partial charge in [0.2, 0.25) is 0 Å². The van der Waals surface area contributed by atoms with E-state index in [1.807, 2.05) is 24.3 Å². The molecule has 0 amide bonds. The summed E-state index contributed by atoms with van der Waals surface area (Å²) in [4.78, 5) is 0.309. The molecule has 0 aliphatic heterocycles. The average molecular weight is 343 g/mol. The average Bonchev–Trinajstić information content (AvgIpc) is 2.54. The van der Waals surface area contributed by atoms with Crippen molar-refractivity contribution in [3.8, 4) is 0 Å². The number of benzene rings is 2. The van der Waals surface area contributed by atoms with Gasteiger partial charge in [-0.2, -0.15) is 0 Å². The predicted molar refractivity (Wildman–Crippen MR) is 99.0 cm³/mol. The van der Waals surface area contributed by atoms with Crippen LogP contribution in [0.3, 0.4) is 0 Å². The largest absolute Gasteiger partial charge is 0.279 e. The molecular weight excluding hydrogens is 318 g/mol. The topological polar surface area (TPSA) is 46.2 Å². The van der Waals surface area contributed by atoms with Crippen LogP contribution in [-0.4, -0.2) is 8.42 Å². The maximum atomic E-state index is 12.7. The fourth-order valence-electron chi connectivity index (χ4n) is 3.21. The molecule has 4 heteroatoms. The van der Waals surface area contributed by atoms with E-state index < -0.39 is 10.0 Å². The van der Waals surface area contributed by atoms with Crippen LogP contribution in [0.2, 0.25) is 0 Å². The van der Waals surface area contributed by atoms with Crippen LogP contribution in [0.15, 0.2) is 47.4 Å². The van der Waals surface area contributed by atoms with Gasteiger partial charge in [-0.15, -0.1) is 0 Å². The van der Waals surface area contributed by atoms with Gasteiger partial charge >= 0.3 is 0 Å². The van der Waals surface area contributed by atoms with Crippen molar-refractivity contribution in [3.63, 3.8) is 0 Å². The molecule has 0 saturated heterocycles. The molecule has 0 saturated carbocycles. The minimum Gasteiger partial charge on any atom is -0.279 e. The lowest BCUT2D eigenvalue weighted by atomic mass is 9.87. The minimum absolute atomic E-state index is 0.00816.